The number of benzene rings is 1. The maximum atomic E-state index is 12.2. The quantitative estimate of drug-likeness (QED) is 0.830. The van der Waals surface area contributed by atoms with Gasteiger partial charge in [0.1, 0.15) is 11.9 Å². The molecule has 2 aliphatic heterocycles. The van der Waals surface area contributed by atoms with Crippen LogP contribution < -0.4 is 4.74 Å². The van der Waals surface area contributed by atoms with Crippen molar-refractivity contribution >= 4 is 27.5 Å². The van der Waals surface area contributed by atoms with Crippen molar-refractivity contribution in [3.63, 3.8) is 0 Å². The molecule has 2 aliphatic rings. The first-order chi connectivity index (χ1) is 11.7. The van der Waals surface area contributed by atoms with Crippen molar-refractivity contribution in [2.75, 3.05) is 32.4 Å². The number of β-amino-alcohol motifs (C(OH)–C–C–N with tert-alkyl or cyclic N) is 1. The third-order valence-electron chi connectivity index (χ3n) is 4.49. The number of piperidine rings is 1. The van der Waals surface area contributed by atoms with Crippen molar-refractivity contribution < 1.29 is 23.1 Å². The highest BCUT2D eigenvalue weighted by Crippen LogP contribution is 2.29. The molecule has 0 radical (unpaired) electrons. The number of aliphatic hydroxyl groups excluding tert-OH is 1. The second-order valence-electron chi connectivity index (χ2n) is 6.49. The monoisotopic (exact) mass is 388 g/mol. The van der Waals surface area contributed by atoms with E-state index >= 15 is 0 Å². The molecule has 2 saturated heterocycles. The standard InChI is InChI=1S/C16H21ClN2O5S/c1-25(22,23)19-6-4-13(5-7-19)24-15-3-2-11(8-14(15)17)16(21)18-9-12(20)10-18/h2-3,8,12-13,20H,4-7,9-10H2,1H3. The molecule has 3 rings (SSSR count). The van der Waals surface area contributed by atoms with Gasteiger partial charge >= 0.3 is 0 Å². The maximum absolute atomic E-state index is 12.2. The van der Waals surface area contributed by atoms with Gasteiger partial charge in [0.25, 0.3) is 5.91 Å². The largest absolute Gasteiger partial charge is 0.489 e. The average molecular weight is 389 g/mol. The molecule has 0 unspecified atom stereocenters. The minimum absolute atomic E-state index is 0.109. The summed E-state index contributed by atoms with van der Waals surface area (Å²) >= 11 is 6.24. The molecule has 138 valence electrons. The van der Waals surface area contributed by atoms with E-state index < -0.39 is 16.1 Å². The van der Waals surface area contributed by atoms with Gasteiger partial charge in [-0.3, -0.25) is 4.79 Å². The summed E-state index contributed by atoms with van der Waals surface area (Å²) in [7, 11) is -3.16. The number of hydrogen-bond acceptors (Lipinski definition) is 5. The van der Waals surface area contributed by atoms with Crippen LogP contribution in [-0.2, 0) is 10.0 Å². The molecule has 0 atom stereocenters. The van der Waals surface area contributed by atoms with Crippen LogP contribution in [0.5, 0.6) is 5.75 Å². The van der Waals surface area contributed by atoms with Crippen LogP contribution in [0.15, 0.2) is 18.2 Å². The number of sulfonamides is 1. The highest BCUT2D eigenvalue weighted by atomic mass is 35.5. The Morgan fingerprint density at radius 1 is 1.28 bits per heavy atom. The molecule has 2 fully saturated rings. The number of aliphatic hydroxyl groups is 1. The zero-order chi connectivity index (χ0) is 18.2. The van der Waals surface area contributed by atoms with Crippen LogP contribution in [0.25, 0.3) is 0 Å². The fourth-order valence-corrected chi connectivity index (χ4v) is 4.09. The van der Waals surface area contributed by atoms with Crippen LogP contribution in [0.4, 0.5) is 0 Å². The Bertz CT molecular complexity index is 756. The molecule has 2 heterocycles. The molecule has 1 amide bonds. The lowest BCUT2D eigenvalue weighted by Crippen LogP contribution is -2.53. The number of hydrogen-bond donors (Lipinski definition) is 1. The molecule has 0 aliphatic carbocycles. The second-order valence-corrected chi connectivity index (χ2v) is 8.88. The Balaban J connectivity index is 1.60. The predicted molar refractivity (Wildman–Crippen MR) is 93.4 cm³/mol. The lowest BCUT2D eigenvalue weighted by atomic mass is 10.1. The normalized spacial score (nSPS) is 20.4. The maximum Gasteiger partial charge on any atom is 0.254 e. The molecule has 0 spiro atoms. The summed E-state index contributed by atoms with van der Waals surface area (Å²) in [6.07, 6.45) is 1.84. The zero-order valence-corrected chi connectivity index (χ0v) is 15.5. The highest BCUT2D eigenvalue weighted by Gasteiger charge is 2.30. The van der Waals surface area contributed by atoms with Crippen LogP contribution in [0, 0.1) is 0 Å². The number of ether oxygens (including phenoxy) is 1. The second kappa shape index (κ2) is 7.11. The van der Waals surface area contributed by atoms with Crippen molar-refractivity contribution in [1.29, 1.82) is 0 Å². The molecule has 9 heteroatoms. The van der Waals surface area contributed by atoms with Gasteiger partial charge in [0.2, 0.25) is 10.0 Å². The van der Waals surface area contributed by atoms with Gasteiger partial charge in [0, 0.05) is 31.7 Å². The number of likely N-dealkylation sites (tertiary alicyclic amines) is 1. The zero-order valence-electron chi connectivity index (χ0n) is 13.9. The van der Waals surface area contributed by atoms with Gasteiger partial charge in [-0.25, -0.2) is 12.7 Å². The average Bonchev–Trinajstić information content (AvgIpc) is 2.53. The van der Waals surface area contributed by atoms with E-state index in [1.165, 1.54) is 10.6 Å². The van der Waals surface area contributed by atoms with Crippen molar-refractivity contribution in [3.05, 3.63) is 28.8 Å². The Kier molecular flexibility index (Phi) is 5.24. The Morgan fingerprint density at radius 2 is 1.92 bits per heavy atom. The minimum atomic E-state index is -3.16. The van der Waals surface area contributed by atoms with E-state index in [1.54, 1.807) is 23.1 Å². The van der Waals surface area contributed by atoms with Crippen LogP contribution in [0.2, 0.25) is 5.02 Å². The summed E-state index contributed by atoms with van der Waals surface area (Å²) in [4.78, 5) is 13.8. The van der Waals surface area contributed by atoms with Gasteiger partial charge in [-0.15, -0.1) is 0 Å². The first-order valence-corrected chi connectivity index (χ1v) is 10.4. The number of nitrogens with zero attached hydrogens (tertiary/aromatic N) is 2. The molecular formula is C16H21ClN2O5S. The van der Waals surface area contributed by atoms with Crippen molar-refractivity contribution in [2.24, 2.45) is 0 Å². The Morgan fingerprint density at radius 3 is 2.44 bits per heavy atom. The molecule has 1 aromatic carbocycles. The van der Waals surface area contributed by atoms with E-state index in [4.69, 9.17) is 16.3 Å². The van der Waals surface area contributed by atoms with Gasteiger partial charge in [-0.05, 0) is 31.0 Å². The number of amides is 1. The molecule has 0 bridgehead atoms. The van der Waals surface area contributed by atoms with E-state index in [1.807, 2.05) is 0 Å². The summed E-state index contributed by atoms with van der Waals surface area (Å²) in [6, 6.07) is 4.88. The third-order valence-corrected chi connectivity index (χ3v) is 6.09. The van der Waals surface area contributed by atoms with Gasteiger partial charge in [0.15, 0.2) is 0 Å². The fraction of sp³-hybridized carbons (Fsp3) is 0.562. The first kappa shape index (κ1) is 18.4. The Labute approximate surface area is 152 Å². The van der Waals surface area contributed by atoms with E-state index in [-0.39, 0.29) is 12.0 Å². The first-order valence-electron chi connectivity index (χ1n) is 8.12. The minimum Gasteiger partial charge on any atom is -0.489 e. The topological polar surface area (TPSA) is 87.2 Å². The smallest absolute Gasteiger partial charge is 0.254 e. The van der Waals surface area contributed by atoms with Crippen molar-refractivity contribution in [2.45, 2.75) is 25.0 Å². The fourth-order valence-electron chi connectivity index (χ4n) is 2.99. The van der Waals surface area contributed by atoms with Gasteiger partial charge < -0.3 is 14.7 Å². The van der Waals surface area contributed by atoms with Gasteiger partial charge in [0.05, 0.1) is 17.4 Å². The highest BCUT2D eigenvalue weighted by molar-refractivity contribution is 7.88. The molecule has 0 saturated carbocycles. The van der Waals surface area contributed by atoms with E-state index in [0.717, 1.165) is 0 Å². The van der Waals surface area contributed by atoms with Gasteiger partial charge in [-0.2, -0.15) is 0 Å². The van der Waals surface area contributed by atoms with Crippen LogP contribution >= 0.6 is 11.6 Å². The summed E-state index contributed by atoms with van der Waals surface area (Å²) in [5.41, 5.74) is 0.455. The number of rotatable bonds is 4. The Hall–Kier alpha value is -1.35. The number of halogens is 1. The molecule has 0 aromatic heterocycles. The van der Waals surface area contributed by atoms with E-state index in [0.29, 0.717) is 55.4 Å². The summed E-state index contributed by atoms with van der Waals surface area (Å²) in [5, 5.41) is 9.63. The summed E-state index contributed by atoms with van der Waals surface area (Å²) in [6.45, 7) is 1.53. The predicted octanol–water partition coefficient (Wildman–Crippen LogP) is 0.959. The summed E-state index contributed by atoms with van der Waals surface area (Å²) in [5.74, 6) is 0.319. The number of carbonyl (C=O) groups is 1. The van der Waals surface area contributed by atoms with Crippen molar-refractivity contribution in [1.82, 2.24) is 9.21 Å². The van der Waals surface area contributed by atoms with E-state index in [9.17, 15) is 18.3 Å². The molecular weight excluding hydrogens is 368 g/mol. The number of carbonyl (C=O) groups excluding carboxylic acids is 1. The lowest BCUT2D eigenvalue weighted by Gasteiger charge is -2.36. The third kappa shape index (κ3) is 4.25. The molecule has 1 aromatic rings. The van der Waals surface area contributed by atoms with Crippen LogP contribution in [0.3, 0.4) is 0 Å². The van der Waals surface area contributed by atoms with Crippen molar-refractivity contribution in [3.8, 4) is 5.75 Å². The lowest BCUT2D eigenvalue weighted by molar-refractivity contribution is 0.00589. The van der Waals surface area contributed by atoms with Gasteiger partial charge in [-0.1, -0.05) is 11.6 Å². The molecule has 7 nitrogen and oxygen atoms in total. The molecule has 1 N–H and O–H groups in total. The van der Waals surface area contributed by atoms with Crippen LogP contribution in [-0.4, -0.2) is 73.3 Å². The molecule has 25 heavy (non-hydrogen) atoms. The van der Waals surface area contributed by atoms with Crippen LogP contribution in [0.1, 0.15) is 23.2 Å². The van der Waals surface area contributed by atoms with E-state index in [2.05, 4.69) is 0 Å². The SMILES string of the molecule is CS(=O)(=O)N1CCC(Oc2ccc(C(=O)N3CC(O)C3)cc2Cl)CC1. The summed E-state index contributed by atoms with van der Waals surface area (Å²) < 4.78 is 30.4.